The highest BCUT2D eigenvalue weighted by molar-refractivity contribution is 8.30. The summed E-state index contributed by atoms with van der Waals surface area (Å²) in [7, 11) is -1.21. The highest BCUT2D eigenvalue weighted by Crippen LogP contribution is 2.47. The first kappa shape index (κ1) is 13.1. The maximum absolute atomic E-state index is 14.3. The molecule has 0 saturated carbocycles. The summed E-state index contributed by atoms with van der Waals surface area (Å²) in [6, 6.07) is 19.0. The number of hydrogen-bond acceptors (Lipinski definition) is 1. The molecule has 1 unspecified atom stereocenters. The smallest absolute Gasteiger partial charge is 0.192 e. The van der Waals surface area contributed by atoms with Crippen LogP contribution in [0.3, 0.4) is 0 Å². The predicted octanol–water partition coefficient (Wildman–Crippen LogP) is 4.68. The number of thiol groups is 1. The molecule has 0 aliphatic rings. The van der Waals surface area contributed by atoms with Crippen molar-refractivity contribution < 1.29 is 4.39 Å². The number of rotatable bonds is 4. The zero-order valence-corrected chi connectivity index (χ0v) is 11.4. The van der Waals surface area contributed by atoms with Crippen molar-refractivity contribution in [3.8, 4) is 11.7 Å². The normalized spacial score (nSPS) is 14.6. The van der Waals surface area contributed by atoms with Crippen molar-refractivity contribution in [1.29, 1.82) is 0 Å². The third-order valence-electron chi connectivity index (χ3n) is 2.35. The number of terminal acetylenes is 1. The highest BCUT2D eigenvalue weighted by Gasteiger charge is 2.17. The zero-order valence-electron chi connectivity index (χ0n) is 9.66. The molecule has 0 aliphatic heterocycles. The second kappa shape index (κ2) is 6.53. The lowest BCUT2D eigenvalue weighted by atomic mass is 10.4. The molecule has 0 N–H and O–H groups in total. The average molecular weight is 276 g/mol. The molecule has 18 heavy (non-hydrogen) atoms. The first-order valence-electron chi connectivity index (χ1n) is 5.47. The molecular formula is C15H13FS2. The molecule has 0 saturated heterocycles. The Kier molecular flexibility index (Phi) is 4.74. The van der Waals surface area contributed by atoms with E-state index in [1.54, 1.807) is 0 Å². The van der Waals surface area contributed by atoms with E-state index in [2.05, 4.69) is 5.25 Å². The van der Waals surface area contributed by atoms with Crippen molar-refractivity contribution >= 4 is 22.7 Å². The molecule has 0 fully saturated rings. The van der Waals surface area contributed by atoms with Gasteiger partial charge in [-0.2, -0.15) is 0 Å². The SMILES string of the molecule is C#C[SH](c1ccccc1)[C@H](F)Sc1ccccc1. The van der Waals surface area contributed by atoms with Crippen molar-refractivity contribution in [3.05, 3.63) is 60.7 Å². The van der Waals surface area contributed by atoms with E-state index in [9.17, 15) is 4.39 Å². The summed E-state index contributed by atoms with van der Waals surface area (Å²) in [6.45, 7) is 0. The van der Waals surface area contributed by atoms with Crippen LogP contribution in [0.1, 0.15) is 0 Å². The lowest BCUT2D eigenvalue weighted by molar-refractivity contribution is 0.566. The summed E-state index contributed by atoms with van der Waals surface area (Å²) in [5, 5.41) is 2.61. The summed E-state index contributed by atoms with van der Waals surface area (Å²) in [5.41, 5.74) is 0. The van der Waals surface area contributed by atoms with E-state index in [-0.39, 0.29) is 0 Å². The number of benzene rings is 2. The molecule has 2 rings (SSSR count). The van der Waals surface area contributed by atoms with Crippen LogP contribution in [-0.4, -0.2) is 4.84 Å². The van der Waals surface area contributed by atoms with Crippen LogP contribution in [0.5, 0.6) is 0 Å². The molecule has 0 spiro atoms. The Morgan fingerprint density at radius 1 is 1.00 bits per heavy atom. The first-order chi connectivity index (χ1) is 8.81. The topological polar surface area (TPSA) is 0 Å². The van der Waals surface area contributed by atoms with Gasteiger partial charge in [-0.25, -0.2) is 4.39 Å². The summed E-state index contributed by atoms with van der Waals surface area (Å²) < 4.78 is 14.3. The fourth-order valence-corrected chi connectivity index (χ4v) is 4.37. The Morgan fingerprint density at radius 2 is 1.56 bits per heavy atom. The van der Waals surface area contributed by atoms with Crippen LogP contribution in [0, 0.1) is 11.7 Å². The summed E-state index contributed by atoms with van der Waals surface area (Å²) >= 11 is 1.19. The molecule has 0 radical (unpaired) electrons. The van der Waals surface area contributed by atoms with Gasteiger partial charge < -0.3 is 0 Å². The highest BCUT2D eigenvalue weighted by atomic mass is 32.2. The number of thioether (sulfide) groups is 1. The van der Waals surface area contributed by atoms with Crippen LogP contribution in [0.15, 0.2) is 70.5 Å². The van der Waals surface area contributed by atoms with Gasteiger partial charge >= 0.3 is 0 Å². The van der Waals surface area contributed by atoms with Gasteiger partial charge in [0.2, 0.25) is 0 Å². The van der Waals surface area contributed by atoms with Crippen molar-refractivity contribution in [2.24, 2.45) is 0 Å². The number of halogens is 1. The molecule has 0 heterocycles. The van der Waals surface area contributed by atoms with Gasteiger partial charge in [0, 0.05) is 9.79 Å². The summed E-state index contributed by atoms with van der Waals surface area (Å²) in [6.07, 6.45) is 5.48. The molecule has 92 valence electrons. The molecule has 2 aromatic carbocycles. The quantitative estimate of drug-likeness (QED) is 0.480. The minimum atomic E-state index is -1.21. The molecule has 0 amide bonds. The van der Waals surface area contributed by atoms with Gasteiger partial charge in [0.15, 0.2) is 4.84 Å². The Morgan fingerprint density at radius 3 is 2.11 bits per heavy atom. The molecule has 0 nitrogen and oxygen atoms in total. The van der Waals surface area contributed by atoms with Gasteiger partial charge in [-0.3, -0.25) is 0 Å². The minimum absolute atomic E-state index is 0.906. The second-order valence-electron chi connectivity index (χ2n) is 3.56. The van der Waals surface area contributed by atoms with E-state index < -0.39 is 15.7 Å². The van der Waals surface area contributed by atoms with Crippen LogP contribution >= 0.6 is 22.7 Å². The van der Waals surface area contributed by atoms with E-state index >= 15 is 0 Å². The Balaban J connectivity index is 2.12. The fourth-order valence-electron chi connectivity index (χ4n) is 1.50. The molecular weight excluding hydrogens is 263 g/mol. The van der Waals surface area contributed by atoms with E-state index in [1.165, 1.54) is 11.8 Å². The Bertz CT molecular complexity index is 519. The first-order valence-corrected chi connectivity index (χ1v) is 7.76. The average Bonchev–Trinajstić information content (AvgIpc) is 2.42. The summed E-state index contributed by atoms with van der Waals surface area (Å²) in [4.78, 5) is 0.740. The fraction of sp³-hybridized carbons (Fsp3) is 0.0667. The molecule has 0 bridgehead atoms. The number of hydrogen-bond donors (Lipinski definition) is 1. The van der Waals surface area contributed by atoms with Crippen molar-refractivity contribution in [1.82, 2.24) is 0 Å². The van der Waals surface area contributed by atoms with Gasteiger partial charge in [-0.15, -0.1) is 17.3 Å². The molecule has 2 atom stereocenters. The van der Waals surface area contributed by atoms with Crippen molar-refractivity contribution in [2.45, 2.75) is 14.6 Å². The standard InChI is InChI=1S/C15H13FS2/c1-2-18(14-11-7-4-8-12-14)15(16)17-13-9-5-3-6-10-13/h1,3-12,15,18H/t15-/m1/s1. The monoisotopic (exact) mass is 276 g/mol. The zero-order chi connectivity index (χ0) is 12.8. The van der Waals surface area contributed by atoms with Gasteiger partial charge in [0.05, 0.1) is 0 Å². The van der Waals surface area contributed by atoms with Crippen molar-refractivity contribution in [3.63, 3.8) is 0 Å². The predicted molar refractivity (Wildman–Crippen MR) is 79.7 cm³/mol. The second-order valence-corrected chi connectivity index (χ2v) is 7.00. The van der Waals surface area contributed by atoms with E-state index in [4.69, 9.17) is 6.42 Å². The molecule has 0 aliphatic carbocycles. The van der Waals surface area contributed by atoms with Crippen LogP contribution in [0.25, 0.3) is 0 Å². The molecule has 3 heteroatoms. The Labute approximate surface area is 114 Å². The lowest BCUT2D eigenvalue weighted by Crippen LogP contribution is -1.95. The van der Waals surface area contributed by atoms with Gasteiger partial charge in [-0.05, 0) is 24.3 Å². The number of alkyl halides is 1. The van der Waals surface area contributed by atoms with Gasteiger partial charge in [0.25, 0.3) is 0 Å². The Hall–Kier alpha value is -1.37. The molecule has 0 aromatic heterocycles. The molecule has 2 aromatic rings. The van der Waals surface area contributed by atoms with E-state index in [0.717, 1.165) is 9.79 Å². The largest absolute Gasteiger partial charge is 0.224 e. The van der Waals surface area contributed by atoms with Crippen molar-refractivity contribution in [2.75, 3.05) is 0 Å². The van der Waals surface area contributed by atoms with Crippen LogP contribution < -0.4 is 0 Å². The van der Waals surface area contributed by atoms with Gasteiger partial charge in [0.1, 0.15) is 0 Å². The third-order valence-corrected chi connectivity index (χ3v) is 5.58. The van der Waals surface area contributed by atoms with Crippen LogP contribution in [-0.2, 0) is 0 Å². The van der Waals surface area contributed by atoms with Gasteiger partial charge in [-0.1, -0.05) is 53.4 Å². The summed E-state index contributed by atoms with van der Waals surface area (Å²) in [5.74, 6) is 0. The maximum Gasteiger partial charge on any atom is 0.192 e. The van der Waals surface area contributed by atoms with Crippen LogP contribution in [0.4, 0.5) is 4.39 Å². The maximum atomic E-state index is 14.3. The van der Waals surface area contributed by atoms with E-state index in [0.29, 0.717) is 0 Å². The minimum Gasteiger partial charge on any atom is -0.224 e. The van der Waals surface area contributed by atoms with E-state index in [1.807, 2.05) is 60.7 Å². The van der Waals surface area contributed by atoms with Crippen LogP contribution in [0.2, 0.25) is 0 Å². The third kappa shape index (κ3) is 3.32. The lowest BCUT2D eigenvalue weighted by Gasteiger charge is -2.19.